The monoisotopic (exact) mass is 212 g/mol. The van der Waals surface area contributed by atoms with Crippen LogP contribution in [0.25, 0.3) is 0 Å². The highest BCUT2D eigenvalue weighted by atomic mass is 32.1. The van der Waals surface area contributed by atoms with Crippen molar-refractivity contribution in [3.63, 3.8) is 0 Å². The Hall–Kier alpha value is -1.36. The molecule has 1 aromatic heterocycles. The topological polar surface area (TPSA) is 58.2 Å². The lowest BCUT2D eigenvalue weighted by molar-refractivity contribution is -0.120. The predicted octanol–water partition coefficient (Wildman–Crippen LogP) is 0.614. The SMILES string of the molecule is CCNC(=O)CNC(=O)c1cccs1. The van der Waals surface area contributed by atoms with Crippen LogP contribution in [0.15, 0.2) is 17.5 Å². The zero-order chi connectivity index (χ0) is 10.4. The van der Waals surface area contributed by atoms with Crippen molar-refractivity contribution in [3.05, 3.63) is 22.4 Å². The van der Waals surface area contributed by atoms with Gasteiger partial charge in [0.2, 0.25) is 5.91 Å². The van der Waals surface area contributed by atoms with Crippen molar-refractivity contribution < 1.29 is 9.59 Å². The standard InChI is InChI=1S/C9H12N2O2S/c1-2-10-8(12)6-11-9(13)7-4-3-5-14-7/h3-5H,2,6H2,1H3,(H,10,12)(H,11,13). The molecular weight excluding hydrogens is 200 g/mol. The van der Waals surface area contributed by atoms with Gasteiger partial charge in [-0.2, -0.15) is 0 Å². The van der Waals surface area contributed by atoms with E-state index in [4.69, 9.17) is 0 Å². The second-order valence-electron chi connectivity index (χ2n) is 2.61. The minimum atomic E-state index is -0.203. The molecule has 0 saturated carbocycles. The Balaban J connectivity index is 2.32. The Kier molecular flexibility index (Phi) is 4.12. The van der Waals surface area contributed by atoms with Crippen LogP contribution in [-0.2, 0) is 4.79 Å². The summed E-state index contributed by atoms with van der Waals surface area (Å²) in [6.07, 6.45) is 0. The van der Waals surface area contributed by atoms with E-state index in [9.17, 15) is 9.59 Å². The van der Waals surface area contributed by atoms with E-state index in [-0.39, 0.29) is 18.4 Å². The molecule has 0 atom stereocenters. The van der Waals surface area contributed by atoms with Crippen LogP contribution in [0, 0.1) is 0 Å². The Bertz CT molecular complexity index is 309. The van der Waals surface area contributed by atoms with Gasteiger partial charge in [-0.05, 0) is 18.4 Å². The number of hydrogen-bond donors (Lipinski definition) is 2. The van der Waals surface area contributed by atoms with Crippen molar-refractivity contribution in [2.24, 2.45) is 0 Å². The van der Waals surface area contributed by atoms with E-state index in [1.807, 2.05) is 12.3 Å². The molecule has 2 amide bonds. The van der Waals surface area contributed by atoms with Gasteiger partial charge in [0.05, 0.1) is 11.4 Å². The summed E-state index contributed by atoms with van der Waals surface area (Å²) in [5, 5.41) is 6.95. The lowest BCUT2D eigenvalue weighted by Gasteiger charge is -2.03. The minimum Gasteiger partial charge on any atom is -0.355 e. The second kappa shape index (κ2) is 5.39. The van der Waals surface area contributed by atoms with Crippen molar-refractivity contribution >= 4 is 23.2 Å². The molecule has 0 aliphatic carbocycles. The molecule has 4 nitrogen and oxygen atoms in total. The second-order valence-corrected chi connectivity index (χ2v) is 3.56. The molecule has 0 fully saturated rings. The molecule has 1 rings (SSSR count). The molecule has 76 valence electrons. The molecule has 0 saturated heterocycles. The normalized spacial score (nSPS) is 9.50. The summed E-state index contributed by atoms with van der Waals surface area (Å²) in [6, 6.07) is 3.52. The molecule has 2 N–H and O–H groups in total. The summed E-state index contributed by atoms with van der Waals surface area (Å²) in [6.45, 7) is 2.44. The number of nitrogens with one attached hydrogen (secondary N) is 2. The molecule has 1 aromatic rings. The van der Waals surface area contributed by atoms with Gasteiger partial charge in [-0.1, -0.05) is 6.07 Å². The maximum Gasteiger partial charge on any atom is 0.261 e. The first-order chi connectivity index (χ1) is 6.74. The Labute approximate surface area is 86.3 Å². The zero-order valence-electron chi connectivity index (χ0n) is 7.87. The maximum absolute atomic E-state index is 11.3. The number of carbonyl (C=O) groups excluding carboxylic acids is 2. The number of rotatable bonds is 4. The molecule has 0 aromatic carbocycles. The summed E-state index contributed by atoms with van der Waals surface area (Å²) in [7, 11) is 0. The molecule has 1 heterocycles. The fourth-order valence-electron chi connectivity index (χ4n) is 0.915. The molecule has 0 aliphatic rings. The number of thiophene rings is 1. The maximum atomic E-state index is 11.3. The molecule has 14 heavy (non-hydrogen) atoms. The van der Waals surface area contributed by atoms with E-state index >= 15 is 0 Å². The van der Waals surface area contributed by atoms with Gasteiger partial charge in [-0.25, -0.2) is 0 Å². The van der Waals surface area contributed by atoms with E-state index in [2.05, 4.69) is 10.6 Å². The predicted molar refractivity (Wildman–Crippen MR) is 55.3 cm³/mol. The van der Waals surface area contributed by atoms with Gasteiger partial charge >= 0.3 is 0 Å². The molecule has 0 radical (unpaired) electrons. The largest absolute Gasteiger partial charge is 0.355 e. The van der Waals surface area contributed by atoms with E-state index < -0.39 is 0 Å². The fraction of sp³-hybridized carbons (Fsp3) is 0.333. The summed E-state index contributed by atoms with van der Waals surface area (Å²) in [4.78, 5) is 22.9. The molecule has 0 unspecified atom stereocenters. The van der Waals surface area contributed by atoms with E-state index in [1.54, 1.807) is 12.1 Å². The summed E-state index contributed by atoms with van der Waals surface area (Å²) < 4.78 is 0. The number of likely N-dealkylation sites (N-methyl/N-ethyl adjacent to an activating group) is 1. The third kappa shape index (κ3) is 3.18. The van der Waals surface area contributed by atoms with Crippen LogP contribution in [0.5, 0.6) is 0 Å². The van der Waals surface area contributed by atoms with Crippen LogP contribution in [0.4, 0.5) is 0 Å². The Morgan fingerprint density at radius 3 is 2.79 bits per heavy atom. The van der Waals surface area contributed by atoms with Crippen molar-refractivity contribution in [2.75, 3.05) is 13.1 Å². The molecule has 5 heteroatoms. The highest BCUT2D eigenvalue weighted by Crippen LogP contribution is 2.07. The Morgan fingerprint density at radius 1 is 1.43 bits per heavy atom. The van der Waals surface area contributed by atoms with Crippen molar-refractivity contribution in [3.8, 4) is 0 Å². The van der Waals surface area contributed by atoms with Gasteiger partial charge in [-0.3, -0.25) is 9.59 Å². The first-order valence-corrected chi connectivity index (χ1v) is 5.20. The average molecular weight is 212 g/mol. The average Bonchev–Trinajstić information content (AvgIpc) is 2.67. The van der Waals surface area contributed by atoms with Crippen LogP contribution in [0.3, 0.4) is 0 Å². The van der Waals surface area contributed by atoms with Gasteiger partial charge in [0, 0.05) is 6.54 Å². The highest BCUT2D eigenvalue weighted by molar-refractivity contribution is 7.12. The van der Waals surface area contributed by atoms with E-state index in [1.165, 1.54) is 11.3 Å². The van der Waals surface area contributed by atoms with Gasteiger partial charge in [0.15, 0.2) is 0 Å². The van der Waals surface area contributed by atoms with Gasteiger partial charge in [0.1, 0.15) is 0 Å². The number of hydrogen-bond acceptors (Lipinski definition) is 3. The highest BCUT2D eigenvalue weighted by Gasteiger charge is 2.07. The number of carbonyl (C=O) groups is 2. The van der Waals surface area contributed by atoms with Crippen LogP contribution in [-0.4, -0.2) is 24.9 Å². The zero-order valence-corrected chi connectivity index (χ0v) is 8.69. The van der Waals surface area contributed by atoms with Crippen molar-refractivity contribution in [1.82, 2.24) is 10.6 Å². The quantitative estimate of drug-likeness (QED) is 0.768. The Morgan fingerprint density at radius 2 is 2.21 bits per heavy atom. The van der Waals surface area contributed by atoms with Gasteiger partial charge in [0.25, 0.3) is 5.91 Å². The summed E-state index contributed by atoms with van der Waals surface area (Å²) in [5.41, 5.74) is 0. The van der Waals surface area contributed by atoms with Crippen molar-refractivity contribution in [2.45, 2.75) is 6.92 Å². The molecule has 0 aliphatic heterocycles. The first-order valence-electron chi connectivity index (χ1n) is 4.32. The van der Waals surface area contributed by atoms with Crippen LogP contribution >= 0.6 is 11.3 Å². The van der Waals surface area contributed by atoms with E-state index in [0.29, 0.717) is 11.4 Å². The summed E-state index contributed by atoms with van der Waals surface area (Å²) in [5.74, 6) is -0.372. The van der Waals surface area contributed by atoms with Crippen LogP contribution < -0.4 is 10.6 Å². The molecular formula is C9H12N2O2S. The van der Waals surface area contributed by atoms with Gasteiger partial charge < -0.3 is 10.6 Å². The van der Waals surface area contributed by atoms with E-state index in [0.717, 1.165) is 0 Å². The third-order valence-corrected chi connectivity index (χ3v) is 2.40. The van der Waals surface area contributed by atoms with Crippen LogP contribution in [0.2, 0.25) is 0 Å². The van der Waals surface area contributed by atoms with Crippen LogP contribution in [0.1, 0.15) is 16.6 Å². The molecule has 0 spiro atoms. The number of amides is 2. The first kappa shape index (κ1) is 10.7. The minimum absolute atomic E-state index is 0.0323. The van der Waals surface area contributed by atoms with Crippen molar-refractivity contribution in [1.29, 1.82) is 0 Å². The fourth-order valence-corrected chi connectivity index (χ4v) is 1.56. The third-order valence-electron chi connectivity index (χ3n) is 1.53. The lowest BCUT2D eigenvalue weighted by atomic mass is 10.4. The summed E-state index contributed by atoms with van der Waals surface area (Å²) >= 11 is 1.35. The lowest BCUT2D eigenvalue weighted by Crippen LogP contribution is -2.36. The molecule has 0 bridgehead atoms. The smallest absolute Gasteiger partial charge is 0.261 e. The van der Waals surface area contributed by atoms with Gasteiger partial charge in [-0.15, -0.1) is 11.3 Å².